The molecular weight excluding hydrogens is 360 g/mol. The molecule has 0 bridgehead atoms. The molecule has 0 spiro atoms. The lowest BCUT2D eigenvalue weighted by Gasteiger charge is -2.15. The van der Waals surface area contributed by atoms with Gasteiger partial charge in [-0.3, -0.25) is 9.59 Å². The van der Waals surface area contributed by atoms with Crippen molar-refractivity contribution in [1.29, 1.82) is 0 Å². The molecular formula is C18H19ClN2O5. The number of anilines is 1. The normalized spacial score (nSPS) is 10.2. The number of nitrogens with one attached hydrogen (secondary N) is 1. The number of methoxy groups -OCH3 is 3. The molecule has 0 aliphatic carbocycles. The van der Waals surface area contributed by atoms with E-state index in [9.17, 15) is 9.59 Å². The van der Waals surface area contributed by atoms with Gasteiger partial charge in [0.25, 0.3) is 0 Å². The fraction of sp³-hybridized carbons (Fsp3) is 0.222. The third kappa shape index (κ3) is 4.18. The molecule has 0 unspecified atom stereocenters. The van der Waals surface area contributed by atoms with Gasteiger partial charge in [0.05, 0.1) is 38.3 Å². The topological polar surface area (TPSA) is 99.9 Å². The molecule has 0 heterocycles. The number of nitrogens with two attached hydrogens (primary N) is 1. The molecule has 2 aromatic rings. The quantitative estimate of drug-likeness (QED) is 0.771. The predicted octanol–water partition coefficient (Wildman–Crippen LogP) is 2.65. The SMILES string of the molecule is COc1ccc(CC(=O)Nc2ccc(Cl)c(C(N)=O)c2)c(OC)c1OC. The Morgan fingerprint density at radius 3 is 2.31 bits per heavy atom. The van der Waals surface area contributed by atoms with E-state index in [2.05, 4.69) is 5.32 Å². The number of carbonyl (C=O) groups is 2. The lowest BCUT2D eigenvalue weighted by Crippen LogP contribution is -2.17. The van der Waals surface area contributed by atoms with Crippen LogP contribution in [0.5, 0.6) is 17.2 Å². The highest BCUT2D eigenvalue weighted by Crippen LogP contribution is 2.40. The molecule has 0 aliphatic rings. The summed E-state index contributed by atoms with van der Waals surface area (Å²) in [6.07, 6.45) is 0.0259. The smallest absolute Gasteiger partial charge is 0.250 e. The Balaban J connectivity index is 2.23. The molecule has 26 heavy (non-hydrogen) atoms. The molecule has 138 valence electrons. The maximum atomic E-state index is 12.4. The van der Waals surface area contributed by atoms with Crippen LogP contribution < -0.4 is 25.3 Å². The number of ether oxygens (including phenoxy) is 3. The van der Waals surface area contributed by atoms with E-state index < -0.39 is 5.91 Å². The molecule has 0 aliphatic heterocycles. The van der Waals surface area contributed by atoms with Crippen LogP contribution in [-0.4, -0.2) is 33.1 Å². The summed E-state index contributed by atoms with van der Waals surface area (Å²) in [5.74, 6) is 0.331. The third-order valence-electron chi connectivity index (χ3n) is 3.65. The summed E-state index contributed by atoms with van der Waals surface area (Å²) < 4.78 is 15.9. The first-order valence-electron chi connectivity index (χ1n) is 7.58. The number of primary amides is 1. The standard InChI is InChI=1S/C18H19ClN2O5/c1-24-14-7-4-10(16(25-2)17(14)26-3)8-15(22)21-11-5-6-13(19)12(9-11)18(20)23/h4-7,9H,8H2,1-3H3,(H2,20,23)(H,21,22). The summed E-state index contributed by atoms with van der Waals surface area (Å²) in [5, 5.41) is 2.92. The van der Waals surface area contributed by atoms with Gasteiger partial charge in [-0.25, -0.2) is 0 Å². The Kier molecular flexibility index (Phi) is 6.30. The van der Waals surface area contributed by atoms with Crippen molar-refractivity contribution in [3.63, 3.8) is 0 Å². The summed E-state index contributed by atoms with van der Waals surface area (Å²) in [5.41, 5.74) is 6.42. The van der Waals surface area contributed by atoms with Gasteiger partial charge in [-0.05, 0) is 24.3 Å². The van der Waals surface area contributed by atoms with E-state index in [1.165, 1.54) is 33.5 Å². The second-order valence-corrected chi connectivity index (χ2v) is 5.68. The van der Waals surface area contributed by atoms with E-state index >= 15 is 0 Å². The number of hydrogen-bond donors (Lipinski definition) is 2. The van der Waals surface area contributed by atoms with Crippen LogP contribution in [0.15, 0.2) is 30.3 Å². The molecule has 2 aromatic carbocycles. The van der Waals surface area contributed by atoms with Crippen LogP contribution in [0.2, 0.25) is 5.02 Å². The Hall–Kier alpha value is -2.93. The molecule has 7 nitrogen and oxygen atoms in total. The van der Waals surface area contributed by atoms with Crippen LogP contribution in [0.3, 0.4) is 0 Å². The Bertz CT molecular complexity index is 839. The number of rotatable bonds is 7. The number of carbonyl (C=O) groups excluding carboxylic acids is 2. The van der Waals surface area contributed by atoms with Crippen LogP contribution in [0.1, 0.15) is 15.9 Å². The number of halogens is 1. The molecule has 0 fully saturated rings. The van der Waals surface area contributed by atoms with Gasteiger partial charge in [-0.15, -0.1) is 0 Å². The highest BCUT2D eigenvalue weighted by molar-refractivity contribution is 6.34. The summed E-state index contributed by atoms with van der Waals surface area (Å²) in [7, 11) is 4.49. The van der Waals surface area contributed by atoms with E-state index in [0.717, 1.165) is 0 Å². The molecule has 2 rings (SSSR count). The van der Waals surface area contributed by atoms with E-state index in [4.69, 9.17) is 31.5 Å². The first kappa shape index (κ1) is 19.4. The van der Waals surface area contributed by atoms with Gasteiger partial charge in [0.1, 0.15) is 0 Å². The van der Waals surface area contributed by atoms with Crippen molar-refractivity contribution in [3.8, 4) is 17.2 Å². The number of benzene rings is 2. The molecule has 0 saturated heterocycles. The second-order valence-electron chi connectivity index (χ2n) is 5.28. The van der Waals surface area contributed by atoms with Crippen molar-refractivity contribution in [2.45, 2.75) is 6.42 Å². The highest BCUT2D eigenvalue weighted by Gasteiger charge is 2.18. The molecule has 8 heteroatoms. The highest BCUT2D eigenvalue weighted by atomic mass is 35.5. The van der Waals surface area contributed by atoms with Crippen LogP contribution in [0.25, 0.3) is 0 Å². The summed E-state index contributed by atoms with van der Waals surface area (Å²) in [6, 6.07) is 7.91. The summed E-state index contributed by atoms with van der Waals surface area (Å²) >= 11 is 5.90. The largest absolute Gasteiger partial charge is 0.493 e. The molecule has 2 amide bonds. The lowest BCUT2D eigenvalue weighted by molar-refractivity contribution is -0.115. The van der Waals surface area contributed by atoms with Gasteiger partial charge in [0.2, 0.25) is 17.6 Å². The van der Waals surface area contributed by atoms with Gasteiger partial charge < -0.3 is 25.3 Å². The van der Waals surface area contributed by atoms with E-state index in [1.807, 2.05) is 0 Å². The third-order valence-corrected chi connectivity index (χ3v) is 3.98. The van der Waals surface area contributed by atoms with Crippen LogP contribution in [0, 0.1) is 0 Å². The minimum absolute atomic E-state index is 0.0259. The van der Waals surface area contributed by atoms with Crippen molar-refractivity contribution < 1.29 is 23.8 Å². The minimum Gasteiger partial charge on any atom is -0.493 e. The fourth-order valence-electron chi connectivity index (χ4n) is 2.47. The fourth-order valence-corrected chi connectivity index (χ4v) is 2.68. The van der Waals surface area contributed by atoms with Gasteiger partial charge in [0, 0.05) is 11.3 Å². The zero-order chi connectivity index (χ0) is 19.3. The number of amides is 2. The maximum absolute atomic E-state index is 12.4. The van der Waals surface area contributed by atoms with E-state index in [1.54, 1.807) is 18.2 Å². The van der Waals surface area contributed by atoms with Gasteiger partial charge in [-0.1, -0.05) is 17.7 Å². The predicted molar refractivity (Wildman–Crippen MR) is 98.4 cm³/mol. The van der Waals surface area contributed by atoms with Crippen molar-refractivity contribution in [2.75, 3.05) is 26.6 Å². The average molecular weight is 379 g/mol. The summed E-state index contributed by atoms with van der Waals surface area (Å²) in [4.78, 5) is 23.7. The molecule has 0 atom stereocenters. The van der Waals surface area contributed by atoms with Crippen molar-refractivity contribution in [1.82, 2.24) is 0 Å². The molecule has 0 saturated carbocycles. The summed E-state index contributed by atoms with van der Waals surface area (Å²) in [6.45, 7) is 0. The van der Waals surface area contributed by atoms with Crippen molar-refractivity contribution in [2.24, 2.45) is 5.73 Å². The number of hydrogen-bond acceptors (Lipinski definition) is 5. The van der Waals surface area contributed by atoms with Crippen molar-refractivity contribution >= 4 is 29.1 Å². The Morgan fingerprint density at radius 1 is 1.04 bits per heavy atom. The lowest BCUT2D eigenvalue weighted by atomic mass is 10.1. The molecule has 0 aromatic heterocycles. The second kappa shape index (κ2) is 8.44. The van der Waals surface area contributed by atoms with Gasteiger partial charge in [0.15, 0.2) is 11.5 Å². The Morgan fingerprint density at radius 2 is 1.73 bits per heavy atom. The molecule has 3 N–H and O–H groups in total. The molecule has 0 radical (unpaired) electrons. The van der Waals surface area contributed by atoms with Crippen LogP contribution in [-0.2, 0) is 11.2 Å². The van der Waals surface area contributed by atoms with E-state index in [-0.39, 0.29) is 22.9 Å². The average Bonchev–Trinajstić information content (AvgIpc) is 2.62. The first-order chi connectivity index (χ1) is 12.4. The zero-order valence-corrected chi connectivity index (χ0v) is 15.3. The Labute approximate surface area is 156 Å². The monoisotopic (exact) mass is 378 g/mol. The van der Waals surface area contributed by atoms with Gasteiger partial charge in [-0.2, -0.15) is 0 Å². The van der Waals surface area contributed by atoms with Crippen LogP contribution >= 0.6 is 11.6 Å². The van der Waals surface area contributed by atoms with Crippen molar-refractivity contribution in [3.05, 3.63) is 46.5 Å². The van der Waals surface area contributed by atoms with Crippen LogP contribution in [0.4, 0.5) is 5.69 Å². The zero-order valence-electron chi connectivity index (χ0n) is 14.6. The first-order valence-corrected chi connectivity index (χ1v) is 7.96. The van der Waals surface area contributed by atoms with Gasteiger partial charge >= 0.3 is 0 Å². The minimum atomic E-state index is -0.673. The maximum Gasteiger partial charge on any atom is 0.250 e. The van der Waals surface area contributed by atoms with E-state index in [0.29, 0.717) is 28.5 Å².